The van der Waals surface area contributed by atoms with E-state index in [-0.39, 0.29) is 6.61 Å². The van der Waals surface area contributed by atoms with Gasteiger partial charge in [-0.3, -0.25) is 0 Å². The first-order valence-electron chi connectivity index (χ1n) is 11.5. The van der Waals surface area contributed by atoms with E-state index in [2.05, 4.69) is 20.8 Å². The Bertz CT molecular complexity index is 1390. The lowest BCUT2D eigenvalue weighted by Crippen LogP contribution is -2.30. The summed E-state index contributed by atoms with van der Waals surface area (Å²) in [5, 5.41) is 15.2. The molecule has 1 aliphatic rings. The summed E-state index contributed by atoms with van der Waals surface area (Å²) in [4.78, 5) is 13.5. The molecule has 0 bridgehead atoms. The van der Waals surface area contributed by atoms with Crippen LogP contribution in [0.1, 0.15) is 29.7 Å². The Kier molecular flexibility index (Phi) is 6.61. The molecular formula is C27H25N5O4. The second-order valence-electron chi connectivity index (χ2n) is 8.22. The lowest BCUT2D eigenvalue weighted by atomic mass is 9.94. The van der Waals surface area contributed by atoms with Crippen molar-refractivity contribution in [3.8, 4) is 11.5 Å². The van der Waals surface area contributed by atoms with Crippen LogP contribution >= 0.6 is 0 Å². The van der Waals surface area contributed by atoms with Gasteiger partial charge in [-0.05, 0) is 40.6 Å². The number of aromatic nitrogens is 4. The lowest BCUT2D eigenvalue weighted by Gasteiger charge is -2.29. The van der Waals surface area contributed by atoms with Crippen molar-refractivity contribution in [3.63, 3.8) is 0 Å². The van der Waals surface area contributed by atoms with Crippen molar-refractivity contribution in [2.24, 2.45) is 0 Å². The van der Waals surface area contributed by atoms with Gasteiger partial charge in [0.2, 0.25) is 5.95 Å². The first-order chi connectivity index (χ1) is 17.7. The van der Waals surface area contributed by atoms with Gasteiger partial charge >= 0.3 is 5.97 Å². The first-order valence-corrected chi connectivity index (χ1v) is 11.5. The van der Waals surface area contributed by atoms with E-state index in [9.17, 15) is 4.79 Å². The van der Waals surface area contributed by atoms with Gasteiger partial charge in [0.1, 0.15) is 30.8 Å². The number of rotatable bonds is 8. The number of benzene rings is 3. The molecule has 0 saturated carbocycles. The van der Waals surface area contributed by atoms with Crippen LogP contribution in [0.4, 0.5) is 5.95 Å². The monoisotopic (exact) mass is 483 g/mol. The fourth-order valence-electron chi connectivity index (χ4n) is 4.18. The van der Waals surface area contributed by atoms with Gasteiger partial charge in [0.15, 0.2) is 0 Å². The van der Waals surface area contributed by atoms with Crippen molar-refractivity contribution in [1.29, 1.82) is 0 Å². The Hall–Kier alpha value is -4.66. The fourth-order valence-corrected chi connectivity index (χ4v) is 4.18. The molecule has 1 aromatic heterocycles. The van der Waals surface area contributed by atoms with Crippen LogP contribution in [0, 0.1) is 0 Å². The number of esters is 1. The van der Waals surface area contributed by atoms with Gasteiger partial charge in [-0.15, -0.1) is 0 Å². The molecule has 0 spiro atoms. The van der Waals surface area contributed by atoms with E-state index >= 15 is 0 Å². The van der Waals surface area contributed by atoms with Crippen molar-refractivity contribution < 1.29 is 19.0 Å². The number of carbonyl (C=O) groups is 1. The number of nitrogens with one attached hydrogen (secondary N) is 1. The molecule has 1 unspecified atom stereocenters. The largest absolute Gasteiger partial charge is 0.496 e. The van der Waals surface area contributed by atoms with E-state index in [1.54, 1.807) is 18.7 Å². The number of hydrogen-bond acceptors (Lipinski definition) is 8. The summed E-state index contributed by atoms with van der Waals surface area (Å²) in [5.41, 5.74) is 3.46. The molecule has 182 valence electrons. The topological polar surface area (TPSA) is 100 Å². The molecule has 3 aromatic carbocycles. The van der Waals surface area contributed by atoms with Crippen molar-refractivity contribution in [3.05, 3.63) is 107 Å². The van der Waals surface area contributed by atoms with E-state index in [0.29, 0.717) is 40.9 Å². The minimum absolute atomic E-state index is 0.134. The van der Waals surface area contributed by atoms with Crippen molar-refractivity contribution >= 4 is 11.9 Å². The third kappa shape index (κ3) is 4.63. The Labute approximate surface area is 208 Å². The molecule has 0 saturated heterocycles. The van der Waals surface area contributed by atoms with E-state index in [4.69, 9.17) is 14.2 Å². The molecule has 0 aliphatic carbocycles. The van der Waals surface area contributed by atoms with Crippen LogP contribution in [0.2, 0.25) is 0 Å². The van der Waals surface area contributed by atoms with E-state index in [0.717, 1.165) is 11.1 Å². The van der Waals surface area contributed by atoms with E-state index < -0.39 is 12.0 Å². The molecule has 36 heavy (non-hydrogen) atoms. The summed E-state index contributed by atoms with van der Waals surface area (Å²) in [7, 11) is 1.57. The SMILES string of the molecule is COc1cccc(OCc2ccccc2)c1C1C(C(=O)OCc2ccccc2)=C(C)Nc2nnnn21. The number of nitrogens with zero attached hydrogens (tertiary/aromatic N) is 4. The average molecular weight is 484 g/mol. The molecular weight excluding hydrogens is 458 g/mol. The third-order valence-electron chi connectivity index (χ3n) is 5.90. The number of carbonyl (C=O) groups excluding carboxylic acids is 1. The maximum atomic E-state index is 13.5. The summed E-state index contributed by atoms with van der Waals surface area (Å²) < 4.78 is 19.2. The number of ether oxygens (including phenoxy) is 3. The Morgan fingerprint density at radius 3 is 2.28 bits per heavy atom. The number of allylic oxidation sites excluding steroid dienone is 1. The zero-order chi connectivity index (χ0) is 24.9. The second kappa shape index (κ2) is 10.3. The quantitative estimate of drug-likeness (QED) is 0.371. The van der Waals surface area contributed by atoms with Crippen molar-refractivity contribution in [2.75, 3.05) is 12.4 Å². The van der Waals surface area contributed by atoms with Crippen LogP contribution in [-0.4, -0.2) is 33.3 Å². The molecule has 5 rings (SSSR count). The summed E-state index contributed by atoms with van der Waals surface area (Å²) in [5.74, 6) is 0.995. The summed E-state index contributed by atoms with van der Waals surface area (Å²) >= 11 is 0. The first kappa shape index (κ1) is 23.1. The third-order valence-corrected chi connectivity index (χ3v) is 5.90. The number of fused-ring (bicyclic) bond motifs is 1. The summed E-state index contributed by atoms with van der Waals surface area (Å²) in [6.07, 6.45) is 0. The zero-order valence-electron chi connectivity index (χ0n) is 19.9. The summed E-state index contributed by atoms with van der Waals surface area (Å²) in [6, 6.07) is 24.1. The highest BCUT2D eigenvalue weighted by atomic mass is 16.5. The highest BCUT2D eigenvalue weighted by Gasteiger charge is 2.38. The van der Waals surface area contributed by atoms with Crippen LogP contribution in [0.5, 0.6) is 11.5 Å². The molecule has 9 nitrogen and oxygen atoms in total. The smallest absolute Gasteiger partial charge is 0.338 e. The average Bonchev–Trinajstić information content (AvgIpc) is 3.39. The van der Waals surface area contributed by atoms with Crippen molar-refractivity contribution in [1.82, 2.24) is 20.2 Å². The van der Waals surface area contributed by atoms with Gasteiger partial charge in [0.05, 0.1) is 18.2 Å². The van der Waals surface area contributed by atoms with E-state index in [1.807, 2.05) is 78.9 Å². The highest BCUT2D eigenvalue weighted by molar-refractivity contribution is 5.92. The lowest BCUT2D eigenvalue weighted by molar-refractivity contribution is -0.140. The van der Waals surface area contributed by atoms with Gasteiger partial charge < -0.3 is 19.5 Å². The van der Waals surface area contributed by atoms with Gasteiger partial charge in [0.25, 0.3) is 0 Å². The number of hydrogen-bond donors (Lipinski definition) is 1. The van der Waals surface area contributed by atoms with Crippen LogP contribution in [0.15, 0.2) is 90.1 Å². The molecule has 0 radical (unpaired) electrons. The van der Waals surface area contributed by atoms with Crippen LogP contribution < -0.4 is 14.8 Å². The van der Waals surface area contributed by atoms with Crippen LogP contribution in [0.25, 0.3) is 0 Å². The minimum atomic E-state index is -0.735. The molecule has 0 amide bonds. The molecule has 1 N–H and O–H groups in total. The van der Waals surface area contributed by atoms with Gasteiger partial charge in [-0.25, -0.2) is 4.79 Å². The highest BCUT2D eigenvalue weighted by Crippen LogP contribution is 2.43. The maximum Gasteiger partial charge on any atom is 0.338 e. The molecule has 9 heteroatoms. The van der Waals surface area contributed by atoms with Crippen molar-refractivity contribution in [2.45, 2.75) is 26.2 Å². The summed E-state index contributed by atoms with van der Waals surface area (Å²) in [6.45, 7) is 2.27. The Morgan fingerprint density at radius 1 is 0.917 bits per heavy atom. The normalized spacial score (nSPS) is 14.6. The molecule has 4 aromatic rings. The van der Waals surface area contributed by atoms with Gasteiger partial charge in [0, 0.05) is 5.70 Å². The molecule has 1 atom stereocenters. The predicted molar refractivity (Wildman–Crippen MR) is 132 cm³/mol. The van der Waals surface area contributed by atoms with Crippen LogP contribution in [0.3, 0.4) is 0 Å². The second-order valence-corrected chi connectivity index (χ2v) is 8.22. The van der Waals surface area contributed by atoms with Gasteiger partial charge in [-0.1, -0.05) is 71.8 Å². The fraction of sp³-hybridized carbons (Fsp3) is 0.185. The molecule has 2 heterocycles. The van der Waals surface area contributed by atoms with E-state index in [1.165, 1.54) is 0 Å². The Morgan fingerprint density at radius 2 is 1.58 bits per heavy atom. The minimum Gasteiger partial charge on any atom is -0.496 e. The zero-order valence-corrected chi connectivity index (χ0v) is 19.9. The predicted octanol–water partition coefficient (Wildman–Crippen LogP) is 4.29. The molecule has 0 fully saturated rings. The number of methoxy groups -OCH3 is 1. The molecule has 1 aliphatic heterocycles. The number of tetrazole rings is 1. The van der Waals surface area contributed by atoms with Gasteiger partial charge in [-0.2, -0.15) is 4.68 Å². The maximum absolute atomic E-state index is 13.5. The van der Waals surface area contributed by atoms with Crippen LogP contribution in [-0.2, 0) is 22.7 Å². The number of anilines is 1. The standard InChI is InChI=1S/C27H25N5O4/c1-18-23(26(33)36-17-20-12-7-4-8-13-20)25(32-27(28-18)29-30-31-32)24-21(34-2)14-9-15-22(24)35-16-19-10-5-3-6-11-19/h3-15,25H,16-17H2,1-2H3,(H,28,29,31). The Balaban J connectivity index is 1.54.